The lowest BCUT2D eigenvalue weighted by Crippen LogP contribution is -2.16. The lowest BCUT2D eigenvalue weighted by atomic mass is 10.3. The summed E-state index contributed by atoms with van der Waals surface area (Å²) in [5.74, 6) is 1.81. The van der Waals surface area contributed by atoms with Gasteiger partial charge in [0.2, 0.25) is 0 Å². The normalized spacial score (nSPS) is 15.2. The van der Waals surface area contributed by atoms with Gasteiger partial charge in [-0.05, 0) is 31.4 Å². The zero-order chi connectivity index (χ0) is 12.5. The Morgan fingerprint density at radius 3 is 2.94 bits per heavy atom. The quantitative estimate of drug-likeness (QED) is 0.878. The molecule has 0 bridgehead atoms. The molecule has 0 aromatic carbocycles. The van der Waals surface area contributed by atoms with E-state index in [4.69, 9.17) is 23.2 Å². The highest BCUT2D eigenvalue weighted by molar-refractivity contribution is 7.20. The van der Waals surface area contributed by atoms with Crippen LogP contribution in [0, 0.1) is 5.92 Å². The first-order chi connectivity index (χ1) is 8.72. The lowest BCUT2D eigenvalue weighted by Gasteiger charge is -1.99. The minimum absolute atomic E-state index is 0.693. The maximum absolute atomic E-state index is 6.11. The Labute approximate surface area is 120 Å². The zero-order valence-electron chi connectivity index (χ0n) is 9.67. The van der Waals surface area contributed by atoms with Gasteiger partial charge in [-0.2, -0.15) is 0 Å². The van der Waals surface area contributed by atoms with Crippen LogP contribution >= 0.6 is 34.5 Å². The van der Waals surface area contributed by atoms with Gasteiger partial charge in [0.25, 0.3) is 0 Å². The summed E-state index contributed by atoms with van der Waals surface area (Å²) in [5, 5.41) is 3.40. The number of halogens is 2. The molecule has 0 spiro atoms. The predicted molar refractivity (Wildman–Crippen MR) is 76.4 cm³/mol. The lowest BCUT2D eigenvalue weighted by molar-refractivity contribution is 0.623. The monoisotopic (exact) mass is 301 g/mol. The number of H-pyrrole nitrogens is 1. The second kappa shape index (κ2) is 5.21. The molecule has 1 saturated carbocycles. The SMILES string of the molecule is Clc1cc(-c2cnc(CNCC3CC3)[nH]2)c(Cl)s1. The number of rotatable bonds is 5. The Morgan fingerprint density at radius 1 is 1.44 bits per heavy atom. The van der Waals surface area contributed by atoms with Crippen LogP contribution in [0.4, 0.5) is 0 Å². The van der Waals surface area contributed by atoms with E-state index in [1.165, 1.54) is 24.2 Å². The molecule has 96 valence electrons. The molecule has 1 fully saturated rings. The molecule has 0 amide bonds. The number of aromatic amines is 1. The van der Waals surface area contributed by atoms with Gasteiger partial charge in [0.15, 0.2) is 0 Å². The van der Waals surface area contributed by atoms with Gasteiger partial charge in [-0.25, -0.2) is 4.98 Å². The number of hydrogen-bond acceptors (Lipinski definition) is 3. The Kier molecular flexibility index (Phi) is 3.61. The van der Waals surface area contributed by atoms with Crippen LogP contribution in [-0.2, 0) is 6.54 Å². The molecule has 0 radical (unpaired) electrons. The first-order valence-corrected chi connectivity index (χ1v) is 7.49. The highest BCUT2D eigenvalue weighted by Gasteiger charge is 2.20. The van der Waals surface area contributed by atoms with Crippen LogP contribution in [0.1, 0.15) is 18.7 Å². The van der Waals surface area contributed by atoms with Crippen LogP contribution in [0.5, 0.6) is 0 Å². The largest absolute Gasteiger partial charge is 0.341 e. The minimum Gasteiger partial charge on any atom is -0.341 e. The average Bonchev–Trinajstić information content (AvgIpc) is 2.92. The summed E-state index contributed by atoms with van der Waals surface area (Å²) in [7, 11) is 0. The van der Waals surface area contributed by atoms with Crippen molar-refractivity contribution in [2.24, 2.45) is 5.92 Å². The van der Waals surface area contributed by atoms with Crippen LogP contribution in [0.15, 0.2) is 12.3 Å². The van der Waals surface area contributed by atoms with Crippen molar-refractivity contribution >= 4 is 34.5 Å². The van der Waals surface area contributed by atoms with Gasteiger partial charge in [0, 0.05) is 5.56 Å². The van der Waals surface area contributed by atoms with E-state index >= 15 is 0 Å². The van der Waals surface area contributed by atoms with E-state index in [-0.39, 0.29) is 0 Å². The maximum atomic E-state index is 6.11. The summed E-state index contributed by atoms with van der Waals surface area (Å²) in [6.45, 7) is 1.85. The van der Waals surface area contributed by atoms with Crippen molar-refractivity contribution in [2.45, 2.75) is 19.4 Å². The summed E-state index contributed by atoms with van der Waals surface area (Å²) < 4.78 is 1.39. The van der Waals surface area contributed by atoms with Gasteiger partial charge in [-0.1, -0.05) is 23.2 Å². The molecular weight excluding hydrogens is 289 g/mol. The maximum Gasteiger partial charge on any atom is 0.120 e. The molecule has 1 aliphatic rings. The summed E-state index contributed by atoms with van der Waals surface area (Å²) in [6, 6.07) is 1.86. The second-order valence-electron chi connectivity index (χ2n) is 4.56. The van der Waals surface area contributed by atoms with Crippen LogP contribution in [0.25, 0.3) is 11.3 Å². The van der Waals surface area contributed by atoms with Gasteiger partial charge in [0.1, 0.15) is 10.2 Å². The number of imidazole rings is 1. The third-order valence-electron chi connectivity index (χ3n) is 3.00. The highest BCUT2D eigenvalue weighted by Crippen LogP contribution is 2.37. The fourth-order valence-corrected chi connectivity index (χ4v) is 3.32. The second-order valence-corrected chi connectivity index (χ2v) is 6.84. The molecule has 2 heterocycles. The van der Waals surface area contributed by atoms with Crippen LogP contribution in [-0.4, -0.2) is 16.5 Å². The Morgan fingerprint density at radius 2 is 2.28 bits per heavy atom. The van der Waals surface area contributed by atoms with E-state index in [1.807, 2.05) is 6.07 Å². The van der Waals surface area contributed by atoms with E-state index in [0.717, 1.165) is 36.1 Å². The third kappa shape index (κ3) is 2.88. The van der Waals surface area contributed by atoms with Crippen LogP contribution in [0.3, 0.4) is 0 Å². The van der Waals surface area contributed by atoms with Gasteiger partial charge < -0.3 is 10.3 Å². The number of thiophene rings is 1. The van der Waals surface area contributed by atoms with E-state index in [1.54, 1.807) is 6.20 Å². The molecule has 0 saturated heterocycles. The molecule has 3 rings (SSSR count). The van der Waals surface area contributed by atoms with Crippen molar-refractivity contribution in [3.63, 3.8) is 0 Å². The van der Waals surface area contributed by atoms with Crippen LogP contribution in [0.2, 0.25) is 8.67 Å². The van der Waals surface area contributed by atoms with Gasteiger partial charge in [-0.3, -0.25) is 0 Å². The van der Waals surface area contributed by atoms with Gasteiger partial charge in [-0.15, -0.1) is 11.3 Å². The smallest absolute Gasteiger partial charge is 0.120 e. The van der Waals surface area contributed by atoms with Crippen molar-refractivity contribution in [2.75, 3.05) is 6.54 Å². The molecule has 6 heteroatoms. The Hall–Kier alpha value is -0.550. The van der Waals surface area contributed by atoms with Crippen molar-refractivity contribution < 1.29 is 0 Å². The van der Waals surface area contributed by atoms with E-state index < -0.39 is 0 Å². The van der Waals surface area contributed by atoms with Crippen molar-refractivity contribution in [1.82, 2.24) is 15.3 Å². The van der Waals surface area contributed by atoms with Crippen LogP contribution < -0.4 is 5.32 Å². The Bertz CT molecular complexity index is 545. The van der Waals surface area contributed by atoms with Gasteiger partial charge >= 0.3 is 0 Å². The highest BCUT2D eigenvalue weighted by atomic mass is 35.5. The predicted octanol–water partition coefficient (Wildman–Crippen LogP) is 3.94. The first kappa shape index (κ1) is 12.5. The molecule has 18 heavy (non-hydrogen) atoms. The third-order valence-corrected chi connectivity index (χ3v) is 4.49. The molecule has 2 N–H and O–H groups in total. The van der Waals surface area contributed by atoms with Gasteiger partial charge in [0.05, 0.1) is 22.8 Å². The molecule has 1 aliphatic carbocycles. The summed E-state index contributed by atoms with van der Waals surface area (Å²) in [4.78, 5) is 7.61. The van der Waals surface area contributed by atoms with E-state index in [2.05, 4.69) is 15.3 Å². The van der Waals surface area contributed by atoms with E-state index in [0.29, 0.717) is 8.67 Å². The molecule has 0 unspecified atom stereocenters. The topological polar surface area (TPSA) is 40.7 Å². The summed E-state index contributed by atoms with van der Waals surface area (Å²) in [6.07, 6.45) is 4.53. The minimum atomic E-state index is 0.693. The average molecular weight is 302 g/mol. The number of hydrogen-bond donors (Lipinski definition) is 2. The number of aromatic nitrogens is 2. The number of nitrogens with one attached hydrogen (secondary N) is 2. The Balaban J connectivity index is 1.66. The van der Waals surface area contributed by atoms with E-state index in [9.17, 15) is 0 Å². The fourth-order valence-electron chi connectivity index (χ4n) is 1.83. The molecule has 0 aliphatic heterocycles. The standard InChI is InChI=1S/C12H13Cl2N3S/c13-10-3-8(12(14)18-10)9-5-16-11(17-9)6-15-4-7-1-2-7/h3,5,7,15H,1-2,4,6H2,(H,16,17). The molecule has 2 aromatic rings. The summed E-state index contributed by atoms with van der Waals surface area (Å²) in [5.41, 5.74) is 1.85. The number of nitrogens with zero attached hydrogens (tertiary/aromatic N) is 1. The van der Waals surface area contributed by atoms with Crippen molar-refractivity contribution in [3.05, 3.63) is 26.8 Å². The summed E-state index contributed by atoms with van der Waals surface area (Å²) >= 11 is 13.4. The molecule has 2 aromatic heterocycles. The fraction of sp³-hybridized carbons (Fsp3) is 0.417. The first-order valence-electron chi connectivity index (χ1n) is 5.92. The molecule has 0 atom stereocenters. The molecule has 3 nitrogen and oxygen atoms in total. The van der Waals surface area contributed by atoms with Crippen molar-refractivity contribution in [3.8, 4) is 11.3 Å². The van der Waals surface area contributed by atoms with Crippen molar-refractivity contribution in [1.29, 1.82) is 0 Å². The zero-order valence-corrected chi connectivity index (χ0v) is 12.0. The molecular formula is C12H13Cl2N3S.